The van der Waals surface area contributed by atoms with Crippen molar-refractivity contribution in [1.82, 2.24) is 5.43 Å². The Balaban J connectivity index is 2.99. The summed E-state index contributed by atoms with van der Waals surface area (Å²) in [6.45, 7) is 1.93. The fourth-order valence-electron chi connectivity index (χ4n) is 0.925. The number of nitrogens with one attached hydrogen (secondary N) is 2. The Morgan fingerprint density at radius 3 is 2.83 bits per heavy atom. The van der Waals surface area contributed by atoms with Gasteiger partial charge in [-0.1, -0.05) is 0 Å². The summed E-state index contributed by atoms with van der Waals surface area (Å²) in [5, 5.41) is 0. The molecule has 1 rings (SSSR count). The van der Waals surface area contributed by atoms with Crippen LogP contribution in [0, 0.1) is 6.92 Å². The van der Waals surface area contributed by atoms with Crippen LogP contribution in [0.25, 0.3) is 0 Å². The Morgan fingerprint density at radius 2 is 2.33 bits per heavy atom. The summed E-state index contributed by atoms with van der Waals surface area (Å²) in [5.74, 6) is -0.397. The first kappa shape index (κ1) is 9.02. The van der Waals surface area contributed by atoms with Crippen LogP contribution in [0.4, 0.5) is 5.69 Å². The van der Waals surface area contributed by atoms with Crippen LogP contribution < -0.4 is 16.6 Å². The van der Waals surface area contributed by atoms with Gasteiger partial charge in [-0.15, -0.1) is 11.3 Å². The first-order chi connectivity index (χ1) is 5.65. The van der Waals surface area contributed by atoms with Crippen molar-refractivity contribution in [2.24, 2.45) is 5.73 Å². The van der Waals surface area contributed by atoms with E-state index in [1.807, 2.05) is 13.0 Å². The minimum atomic E-state index is -0.397. The minimum absolute atomic E-state index is 0.397. The zero-order valence-corrected chi connectivity index (χ0v) is 7.79. The van der Waals surface area contributed by atoms with Gasteiger partial charge in [0, 0.05) is 11.9 Å². The molecule has 0 atom stereocenters. The van der Waals surface area contributed by atoms with Gasteiger partial charge in [-0.2, -0.15) is 0 Å². The average molecular weight is 185 g/mol. The molecule has 0 aliphatic carbocycles. The summed E-state index contributed by atoms with van der Waals surface area (Å²) >= 11 is 1.39. The highest BCUT2D eigenvalue weighted by Crippen LogP contribution is 2.25. The largest absolute Gasteiger partial charge is 0.365 e. The Bertz CT molecular complexity index is 295. The summed E-state index contributed by atoms with van der Waals surface area (Å²) < 4.78 is 0. The number of carbonyl (C=O) groups excluding carboxylic acids is 1. The number of hydrogen-bond donors (Lipinski definition) is 3. The lowest BCUT2D eigenvalue weighted by Crippen LogP contribution is -2.18. The van der Waals surface area contributed by atoms with E-state index >= 15 is 0 Å². The molecule has 0 bridgehead atoms. The normalized spacial score (nSPS) is 9.83. The van der Waals surface area contributed by atoms with E-state index in [4.69, 9.17) is 5.73 Å². The van der Waals surface area contributed by atoms with Crippen molar-refractivity contribution in [3.8, 4) is 0 Å². The maximum absolute atomic E-state index is 10.9. The van der Waals surface area contributed by atoms with Gasteiger partial charge >= 0.3 is 0 Å². The summed E-state index contributed by atoms with van der Waals surface area (Å²) in [5.41, 5.74) is 11.5. The summed E-state index contributed by atoms with van der Waals surface area (Å²) in [6, 6.07) is 1.88. The molecule has 5 heteroatoms. The molecule has 12 heavy (non-hydrogen) atoms. The first-order valence-corrected chi connectivity index (χ1v) is 4.29. The van der Waals surface area contributed by atoms with Gasteiger partial charge in [0.2, 0.25) is 0 Å². The zero-order chi connectivity index (χ0) is 9.14. The number of amides is 1. The summed E-state index contributed by atoms with van der Waals surface area (Å²) in [6.07, 6.45) is 0. The van der Waals surface area contributed by atoms with Crippen molar-refractivity contribution in [1.29, 1.82) is 0 Å². The van der Waals surface area contributed by atoms with Crippen molar-refractivity contribution in [3.63, 3.8) is 0 Å². The number of rotatable bonds is 3. The minimum Gasteiger partial charge on any atom is -0.365 e. The Labute approximate surface area is 74.7 Å². The molecule has 1 aromatic heterocycles. The Hall–Kier alpha value is -1.07. The van der Waals surface area contributed by atoms with Gasteiger partial charge in [-0.05, 0) is 13.0 Å². The highest BCUT2D eigenvalue weighted by molar-refractivity contribution is 7.14. The van der Waals surface area contributed by atoms with Crippen molar-refractivity contribution in [3.05, 3.63) is 15.8 Å². The third-order valence-corrected chi connectivity index (χ3v) is 2.40. The van der Waals surface area contributed by atoms with Crippen LogP contribution in [0.3, 0.4) is 0 Å². The fourth-order valence-corrected chi connectivity index (χ4v) is 1.74. The molecule has 0 saturated carbocycles. The van der Waals surface area contributed by atoms with E-state index in [1.165, 1.54) is 11.3 Å². The number of hydrogen-bond acceptors (Lipinski definition) is 4. The molecule has 0 spiro atoms. The van der Waals surface area contributed by atoms with Crippen LogP contribution >= 0.6 is 11.3 Å². The molecule has 1 aromatic rings. The third kappa shape index (κ3) is 1.75. The van der Waals surface area contributed by atoms with E-state index < -0.39 is 5.91 Å². The van der Waals surface area contributed by atoms with Gasteiger partial charge in [-0.3, -0.25) is 4.79 Å². The van der Waals surface area contributed by atoms with Crippen LogP contribution in [-0.2, 0) is 0 Å². The predicted octanol–water partition coefficient (Wildman–Crippen LogP) is 0.702. The molecule has 66 valence electrons. The number of carbonyl (C=O) groups is 1. The van der Waals surface area contributed by atoms with Crippen LogP contribution in [0.2, 0.25) is 0 Å². The first-order valence-electron chi connectivity index (χ1n) is 3.48. The van der Waals surface area contributed by atoms with E-state index in [-0.39, 0.29) is 0 Å². The van der Waals surface area contributed by atoms with Gasteiger partial charge in [0.15, 0.2) is 0 Å². The monoisotopic (exact) mass is 185 g/mol. The predicted molar refractivity (Wildman–Crippen MR) is 50.3 cm³/mol. The Kier molecular flexibility index (Phi) is 2.67. The standard InChI is InChI=1S/C7H11N3OS/c1-4-3-5(10-9-2)6(12-4)7(8)11/h3,9-10H,1-2H3,(H2,8,11). The lowest BCUT2D eigenvalue weighted by Gasteiger charge is -2.01. The number of anilines is 1. The highest BCUT2D eigenvalue weighted by atomic mass is 32.1. The zero-order valence-electron chi connectivity index (χ0n) is 6.97. The SMILES string of the molecule is CNNc1cc(C)sc1C(N)=O. The van der Waals surface area contributed by atoms with Crippen molar-refractivity contribution >= 4 is 22.9 Å². The second-order valence-electron chi connectivity index (χ2n) is 2.34. The molecule has 0 radical (unpaired) electrons. The maximum Gasteiger partial charge on any atom is 0.260 e. The second-order valence-corrected chi connectivity index (χ2v) is 3.60. The summed E-state index contributed by atoms with van der Waals surface area (Å²) in [4.78, 5) is 12.5. The molecular weight excluding hydrogens is 174 g/mol. The molecule has 1 amide bonds. The average Bonchev–Trinajstić information content (AvgIpc) is 2.32. The number of hydrazine groups is 1. The second kappa shape index (κ2) is 3.55. The molecule has 4 N–H and O–H groups in total. The lowest BCUT2D eigenvalue weighted by molar-refractivity contribution is 0.100. The van der Waals surface area contributed by atoms with Crippen LogP contribution in [0.1, 0.15) is 14.5 Å². The number of nitrogens with two attached hydrogens (primary N) is 1. The smallest absolute Gasteiger partial charge is 0.260 e. The molecular formula is C7H11N3OS. The topological polar surface area (TPSA) is 67.2 Å². The van der Waals surface area contributed by atoms with E-state index in [2.05, 4.69) is 10.9 Å². The van der Waals surface area contributed by atoms with E-state index in [9.17, 15) is 4.79 Å². The van der Waals surface area contributed by atoms with Crippen molar-refractivity contribution in [2.75, 3.05) is 12.5 Å². The molecule has 4 nitrogen and oxygen atoms in total. The number of primary amides is 1. The lowest BCUT2D eigenvalue weighted by atomic mass is 10.3. The van der Waals surface area contributed by atoms with Crippen LogP contribution in [0.5, 0.6) is 0 Å². The molecule has 0 fully saturated rings. The summed E-state index contributed by atoms with van der Waals surface area (Å²) in [7, 11) is 1.73. The van der Waals surface area contributed by atoms with Crippen molar-refractivity contribution < 1.29 is 4.79 Å². The number of aryl methyl sites for hydroxylation is 1. The third-order valence-electron chi connectivity index (χ3n) is 1.34. The molecule has 1 heterocycles. The van der Waals surface area contributed by atoms with Crippen molar-refractivity contribution in [2.45, 2.75) is 6.92 Å². The highest BCUT2D eigenvalue weighted by Gasteiger charge is 2.10. The van der Waals surface area contributed by atoms with E-state index in [1.54, 1.807) is 7.05 Å². The van der Waals surface area contributed by atoms with Crippen LogP contribution in [-0.4, -0.2) is 13.0 Å². The molecule has 0 saturated heterocycles. The molecule has 0 aliphatic heterocycles. The Morgan fingerprint density at radius 1 is 1.67 bits per heavy atom. The maximum atomic E-state index is 10.9. The van der Waals surface area contributed by atoms with Gasteiger partial charge < -0.3 is 11.2 Å². The van der Waals surface area contributed by atoms with E-state index in [0.717, 1.165) is 10.6 Å². The van der Waals surface area contributed by atoms with E-state index in [0.29, 0.717) is 4.88 Å². The van der Waals surface area contributed by atoms with Gasteiger partial charge in [0.25, 0.3) is 5.91 Å². The molecule has 0 unspecified atom stereocenters. The van der Waals surface area contributed by atoms with Gasteiger partial charge in [0.1, 0.15) is 4.88 Å². The molecule has 0 aromatic carbocycles. The fraction of sp³-hybridized carbons (Fsp3) is 0.286. The van der Waals surface area contributed by atoms with Gasteiger partial charge in [-0.25, -0.2) is 5.43 Å². The van der Waals surface area contributed by atoms with Crippen LogP contribution in [0.15, 0.2) is 6.07 Å². The van der Waals surface area contributed by atoms with Gasteiger partial charge in [0.05, 0.1) is 5.69 Å². The molecule has 0 aliphatic rings. The quantitative estimate of drug-likeness (QED) is 0.607. The number of thiophene rings is 1.